The van der Waals surface area contributed by atoms with Crippen molar-refractivity contribution >= 4 is 17.4 Å². The highest BCUT2D eigenvalue weighted by atomic mass is 16.2. The van der Waals surface area contributed by atoms with Crippen molar-refractivity contribution in [2.75, 3.05) is 16.9 Å². The largest absolute Gasteiger partial charge is 0.308 e. The first kappa shape index (κ1) is 15.0. The first-order valence-electron chi connectivity index (χ1n) is 7.07. The Morgan fingerprint density at radius 3 is 2.62 bits per heavy atom. The lowest BCUT2D eigenvalue weighted by atomic mass is 10.2. The van der Waals surface area contributed by atoms with Crippen LogP contribution >= 0.6 is 0 Å². The van der Waals surface area contributed by atoms with Crippen LogP contribution in [0.3, 0.4) is 0 Å². The molecule has 0 saturated carbocycles. The molecule has 0 bridgehead atoms. The highest BCUT2D eigenvalue weighted by molar-refractivity contribution is 6.04. The number of rotatable bonds is 6. The Kier molecular flexibility index (Phi) is 5.29. The van der Waals surface area contributed by atoms with Gasteiger partial charge in [0.05, 0.1) is 0 Å². The van der Waals surface area contributed by atoms with Gasteiger partial charge in [-0.3, -0.25) is 4.79 Å². The third kappa shape index (κ3) is 3.79. The Hall–Kier alpha value is -2.40. The third-order valence-corrected chi connectivity index (χ3v) is 3.16. The van der Waals surface area contributed by atoms with Crippen LogP contribution in [0.1, 0.15) is 30.3 Å². The molecule has 2 rings (SSSR count). The maximum absolute atomic E-state index is 12.7. The fraction of sp³-hybridized carbons (Fsp3) is 0.250. The first-order chi connectivity index (χ1) is 10.3. The van der Waals surface area contributed by atoms with Gasteiger partial charge in [0.2, 0.25) is 0 Å². The van der Waals surface area contributed by atoms with Gasteiger partial charge in [0, 0.05) is 12.2 Å². The molecular formula is C16H20N4O. The van der Waals surface area contributed by atoms with Crippen molar-refractivity contribution in [2.24, 2.45) is 5.84 Å². The number of carbonyl (C=O) groups excluding carboxylic acids is 1. The molecule has 21 heavy (non-hydrogen) atoms. The molecular weight excluding hydrogens is 264 g/mol. The topological polar surface area (TPSA) is 71.2 Å². The van der Waals surface area contributed by atoms with Gasteiger partial charge in [-0.1, -0.05) is 37.6 Å². The number of nitrogen functional groups attached to an aromatic ring is 1. The van der Waals surface area contributed by atoms with E-state index in [9.17, 15) is 4.79 Å². The molecule has 0 aliphatic rings. The fourth-order valence-electron chi connectivity index (χ4n) is 2.04. The van der Waals surface area contributed by atoms with Crippen LogP contribution in [0.2, 0.25) is 0 Å². The molecule has 0 atom stereocenters. The molecule has 1 aromatic carbocycles. The summed E-state index contributed by atoms with van der Waals surface area (Å²) in [7, 11) is 0. The van der Waals surface area contributed by atoms with Gasteiger partial charge in [-0.15, -0.1) is 0 Å². The average Bonchev–Trinajstić information content (AvgIpc) is 2.56. The monoisotopic (exact) mass is 284 g/mol. The van der Waals surface area contributed by atoms with E-state index in [4.69, 9.17) is 5.84 Å². The maximum atomic E-state index is 12.7. The van der Waals surface area contributed by atoms with Gasteiger partial charge in [-0.05, 0) is 30.7 Å². The van der Waals surface area contributed by atoms with Crippen LogP contribution in [0, 0.1) is 0 Å². The molecule has 5 nitrogen and oxygen atoms in total. The molecule has 0 aliphatic heterocycles. The fourth-order valence-corrected chi connectivity index (χ4v) is 2.04. The number of hydrazine groups is 1. The summed E-state index contributed by atoms with van der Waals surface area (Å²) in [6.45, 7) is 2.77. The van der Waals surface area contributed by atoms with Crippen LogP contribution in [-0.2, 0) is 0 Å². The number of aromatic nitrogens is 1. The summed E-state index contributed by atoms with van der Waals surface area (Å²) in [5.74, 6) is 5.71. The lowest BCUT2D eigenvalue weighted by Gasteiger charge is -2.22. The normalized spacial score (nSPS) is 10.2. The lowest BCUT2D eigenvalue weighted by Crippen LogP contribution is -2.32. The summed E-state index contributed by atoms with van der Waals surface area (Å²) >= 11 is 0. The van der Waals surface area contributed by atoms with Crippen molar-refractivity contribution in [2.45, 2.75) is 19.8 Å². The van der Waals surface area contributed by atoms with Crippen LogP contribution in [0.25, 0.3) is 0 Å². The molecule has 0 spiro atoms. The Morgan fingerprint density at radius 2 is 1.95 bits per heavy atom. The van der Waals surface area contributed by atoms with Crippen LogP contribution in [0.4, 0.5) is 11.5 Å². The first-order valence-corrected chi connectivity index (χ1v) is 7.07. The molecule has 2 aromatic rings. The third-order valence-electron chi connectivity index (χ3n) is 3.16. The van der Waals surface area contributed by atoms with Crippen molar-refractivity contribution in [1.29, 1.82) is 0 Å². The van der Waals surface area contributed by atoms with E-state index in [2.05, 4.69) is 17.3 Å². The van der Waals surface area contributed by atoms with Gasteiger partial charge in [0.15, 0.2) is 0 Å². The summed E-state index contributed by atoms with van der Waals surface area (Å²) in [6.07, 6.45) is 1.96. The van der Waals surface area contributed by atoms with Crippen molar-refractivity contribution in [3.05, 3.63) is 54.2 Å². The number of anilines is 2. The number of nitrogens with two attached hydrogens (primary N) is 1. The van der Waals surface area contributed by atoms with Gasteiger partial charge in [0.1, 0.15) is 11.5 Å². The second-order valence-electron chi connectivity index (χ2n) is 4.70. The van der Waals surface area contributed by atoms with E-state index in [0.29, 0.717) is 18.1 Å². The molecule has 1 heterocycles. The van der Waals surface area contributed by atoms with E-state index in [1.807, 2.05) is 30.3 Å². The molecule has 110 valence electrons. The van der Waals surface area contributed by atoms with Crippen LogP contribution in [-0.4, -0.2) is 17.4 Å². The molecule has 0 unspecified atom stereocenters. The smallest absolute Gasteiger partial charge is 0.276 e. The minimum atomic E-state index is -0.119. The SMILES string of the molecule is CCCCN(C(=O)c1cccc(NN)n1)c1ccccc1. The predicted octanol–water partition coefficient (Wildman–Crippen LogP) is 2.81. The zero-order chi connectivity index (χ0) is 15.1. The van der Waals surface area contributed by atoms with Gasteiger partial charge in [-0.25, -0.2) is 10.8 Å². The highest BCUT2D eigenvalue weighted by Gasteiger charge is 2.18. The summed E-state index contributed by atoms with van der Waals surface area (Å²) in [4.78, 5) is 18.7. The van der Waals surface area contributed by atoms with Gasteiger partial charge in [-0.2, -0.15) is 0 Å². The molecule has 0 fully saturated rings. The number of unbranched alkanes of at least 4 members (excludes halogenated alkanes) is 1. The van der Waals surface area contributed by atoms with E-state index in [1.54, 1.807) is 23.1 Å². The highest BCUT2D eigenvalue weighted by Crippen LogP contribution is 2.17. The molecule has 0 saturated heterocycles. The molecule has 1 aromatic heterocycles. The number of amides is 1. The number of hydrogen-bond donors (Lipinski definition) is 2. The minimum Gasteiger partial charge on any atom is -0.308 e. The minimum absolute atomic E-state index is 0.119. The summed E-state index contributed by atoms with van der Waals surface area (Å²) in [6, 6.07) is 14.8. The quantitative estimate of drug-likeness (QED) is 0.632. The zero-order valence-corrected chi connectivity index (χ0v) is 12.1. The Labute approximate surface area is 124 Å². The number of hydrogen-bond acceptors (Lipinski definition) is 4. The van der Waals surface area contributed by atoms with Gasteiger partial charge in [0.25, 0.3) is 5.91 Å². The standard InChI is InChI=1S/C16H20N4O/c1-2-3-12-20(13-8-5-4-6-9-13)16(21)14-10-7-11-15(18-14)19-17/h4-11H,2-3,12,17H2,1H3,(H,18,19). The van der Waals surface area contributed by atoms with E-state index >= 15 is 0 Å². The molecule has 1 amide bonds. The van der Waals surface area contributed by atoms with E-state index < -0.39 is 0 Å². The second kappa shape index (κ2) is 7.40. The number of nitrogens with zero attached hydrogens (tertiary/aromatic N) is 2. The average molecular weight is 284 g/mol. The molecule has 5 heteroatoms. The van der Waals surface area contributed by atoms with Gasteiger partial charge >= 0.3 is 0 Å². The summed E-state index contributed by atoms with van der Waals surface area (Å²) in [5, 5.41) is 0. The number of benzene rings is 1. The zero-order valence-electron chi connectivity index (χ0n) is 12.1. The Balaban J connectivity index is 2.29. The molecule has 3 N–H and O–H groups in total. The maximum Gasteiger partial charge on any atom is 0.276 e. The molecule has 0 aliphatic carbocycles. The van der Waals surface area contributed by atoms with Gasteiger partial charge < -0.3 is 10.3 Å². The van der Waals surface area contributed by atoms with Crippen molar-refractivity contribution < 1.29 is 4.79 Å². The Bertz CT molecular complexity index is 586. The van der Waals surface area contributed by atoms with E-state index in [0.717, 1.165) is 18.5 Å². The summed E-state index contributed by atoms with van der Waals surface area (Å²) in [5.41, 5.74) is 3.72. The van der Waals surface area contributed by atoms with Crippen molar-refractivity contribution in [3.63, 3.8) is 0 Å². The second-order valence-corrected chi connectivity index (χ2v) is 4.70. The van der Waals surface area contributed by atoms with Crippen molar-refractivity contribution in [1.82, 2.24) is 4.98 Å². The van der Waals surface area contributed by atoms with Crippen LogP contribution in [0.15, 0.2) is 48.5 Å². The number of carbonyl (C=O) groups is 1. The number of nitrogens with one attached hydrogen (secondary N) is 1. The van der Waals surface area contributed by atoms with Crippen LogP contribution in [0.5, 0.6) is 0 Å². The van der Waals surface area contributed by atoms with E-state index in [-0.39, 0.29) is 5.91 Å². The van der Waals surface area contributed by atoms with E-state index in [1.165, 1.54) is 0 Å². The molecule has 0 radical (unpaired) electrons. The Morgan fingerprint density at radius 1 is 1.19 bits per heavy atom. The lowest BCUT2D eigenvalue weighted by molar-refractivity contribution is 0.0982. The van der Waals surface area contributed by atoms with Crippen molar-refractivity contribution in [3.8, 4) is 0 Å². The number of para-hydroxylation sites is 1. The van der Waals surface area contributed by atoms with Crippen LogP contribution < -0.4 is 16.2 Å². The summed E-state index contributed by atoms with van der Waals surface area (Å²) < 4.78 is 0. The number of pyridine rings is 1. The predicted molar refractivity (Wildman–Crippen MR) is 85.1 cm³/mol.